The number of carbonyl (C=O) groups is 1. The number of anilines is 1. The van der Waals surface area contributed by atoms with E-state index in [-0.39, 0.29) is 30.1 Å². The van der Waals surface area contributed by atoms with Crippen molar-refractivity contribution in [2.45, 2.75) is 63.2 Å². The summed E-state index contributed by atoms with van der Waals surface area (Å²) in [7, 11) is -2.76. The van der Waals surface area contributed by atoms with Gasteiger partial charge in [-0.2, -0.15) is 0 Å². The molecule has 0 radical (unpaired) electrons. The van der Waals surface area contributed by atoms with Crippen LogP contribution in [0.3, 0.4) is 0 Å². The summed E-state index contributed by atoms with van der Waals surface area (Å²) in [5, 5.41) is 18.0. The van der Waals surface area contributed by atoms with E-state index in [9.17, 15) is 14.7 Å². The molecule has 0 saturated carbocycles. The van der Waals surface area contributed by atoms with E-state index >= 15 is 0 Å². The number of carbonyl (C=O) groups excluding carboxylic acids is 1. The van der Waals surface area contributed by atoms with Crippen LogP contribution in [-0.4, -0.2) is 51.8 Å². The quantitative estimate of drug-likeness (QED) is 0.271. The van der Waals surface area contributed by atoms with Crippen molar-refractivity contribution >= 4 is 54.1 Å². The number of amides is 1. The number of benzene rings is 2. The normalized spacial score (nSPS) is 25.0. The third-order valence-electron chi connectivity index (χ3n) is 7.80. The molecule has 11 heteroatoms. The number of ether oxygens (including phenoxy) is 1. The number of fused-ring (bicyclic) bond motifs is 2. The highest BCUT2D eigenvalue weighted by atomic mass is 127. The lowest BCUT2D eigenvalue weighted by Crippen LogP contribution is -2.46. The highest BCUT2D eigenvalue weighted by Crippen LogP contribution is 2.60. The van der Waals surface area contributed by atoms with Gasteiger partial charge in [0.1, 0.15) is 0 Å². The largest absolute Gasteiger partial charge is 0.432 e. The second kappa shape index (κ2) is 10.6. The third kappa shape index (κ3) is 4.95. The van der Waals surface area contributed by atoms with Gasteiger partial charge in [0.15, 0.2) is 13.9 Å². The molecule has 0 unspecified atom stereocenters. The molecule has 38 heavy (non-hydrogen) atoms. The maximum absolute atomic E-state index is 14.4. The summed E-state index contributed by atoms with van der Waals surface area (Å²) in [5.74, 6) is -0.371. The average Bonchev–Trinajstić information content (AvgIpc) is 3.50. The minimum absolute atomic E-state index is 0.0135. The van der Waals surface area contributed by atoms with Crippen LogP contribution in [0.15, 0.2) is 48.7 Å². The van der Waals surface area contributed by atoms with Gasteiger partial charge in [0.05, 0.1) is 24.0 Å². The van der Waals surface area contributed by atoms with E-state index in [0.29, 0.717) is 31.0 Å². The predicted molar refractivity (Wildman–Crippen MR) is 156 cm³/mol. The summed E-state index contributed by atoms with van der Waals surface area (Å²) in [6.07, 6.45) is 2.48. The zero-order chi connectivity index (χ0) is 27.2. The Morgan fingerprint density at radius 3 is 2.63 bits per heavy atom. The predicted octanol–water partition coefficient (Wildman–Crippen LogP) is 4.51. The molecule has 5 rings (SSSR count). The van der Waals surface area contributed by atoms with Gasteiger partial charge in [-0.1, -0.05) is 35.9 Å². The first-order chi connectivity index (χ1) is 18.0. The van der Waals surface area contributed by atoms with Gasteiger partial charge in [-0.15, -0.1) is 5.10 Å². The molecule has 3 aromatic rings. The Balaban J connectivity index is 1.50. The van der Waals surface area contributed by atoms with Crippen molar-refractivity contribution in [3.8, 4) is 0 Å². The van der Waals surface area contributed by atoms with Crippen LogP contribution in [0, 0.1) is 9.49 Å². The summed E-state index contributed by atoms with van der Waals surface area (Å²) in [6.45, 7) is 6.82. The molecule has 1 amide bonds. The number of aliphatic hydroxyl groups excluding tert-OH is 1. The number of hydrogen-bond donors (Lipinski definition) is 2. The van der Waals surface area contributed by atoms with Gasteiger partial charge < -0.3 is 19.5 Å². The lowest BCUT2D eigenvalue weighted by molar-refractivity contribution is -0.146. The van der Waals surface area contributed by atoms with Crippen molar-refractivity contribution in [1.82, 2.24) is 15.0 Å². The average molecular weight is 667 g/mol. The minimum atomic E-state index is -2.76. The second-order valence-electron chi connectivity index (χ2n) is 10.8. The molecule has 1 aromatic heterocycles. The Morgan fingerprint density at radius 1 is 1.21 bits per heavy atom. The van der Waals surface area contributed by atoms with Crippen LogP contribution in [-0.2, 0) is 34.6 Å². The number of halogens is 2. The first kappa shape index (κ1) is 27.7. The molecule has 4 atom stereocenters. The number of aromatic nitrogens is 3. The van der Waals surface area contributed by atoms with Gasteiger partial charge in [0.2, 0.25) is 0 Å². The van der Waals surface area contributed by atoms with Gasteiger partial charge in [-0.05, 0) is 78.0 Å². The highest BCUT2D eigenvalue weighted by Gasteiger charge is 2.66. The minimum Gasteiger partial charge on any atom is -0.432 e. The molecule has 0 aliphatic carbocycles. The molecule has 2 N–H and O–H groups in total. The maximum Gasteiger partial charge on any atom is 0.264 e. The Labute approximate surface area is 242 Å². The summed E-state index contributed by atoms with van der Waals surface area (Å²) in [6, 6.07) is 13.7. The number of aliphatic hydroxyl groups is 1. The number of hydrogen-bond acceptors (Lipinski definition) is 6. The molecule has 1 spiro atoms. The van der Waals surface area contributed by atoms with E-state index in [1.54, 1.807) is 9.58 Å². The van der Waals surface area contributed by atoms with Crippen molar-refractivity contribution in [2.24, 2.45) is 5.92 Å². The number of rotatable bonds is 8. The molecule has 1 fully saturated rings. The van der Waals surface area contributed by atoms with E-state index in [2.05, 4.69) is 32.9 Å². The molecule has 2 aliphatic rings. The van der Waals surface area contributed by atoms with Crippen molar-refractivity contribution in [2.75, 3.05) is 11.5 Å². The number of nitrogens with zero attached hydrogens (tertiary/aromatic N) is 4. The summed E-state index contributed by atoms with van der Waals surface area (Å²) in [4.78, 5) is 27.6. The van der Waals surface area contributed by atoms with Gasteiger partial charge in [-0.3, -0.25) is 9.48 Å². The van der Waals surface area contributed by atoms with E-state index < -0.39 is 13.9 Å². The Kier molecular flexibility index (Phi) is 7.75. The Hall–Kier alpha value is -1.83. The van der Waals surface area contributed by atoms with E-state index in [4.69, 9.17) is 16.3 Å². The molecule has 0 bridgehead atoms. The van der Waals surface area contributed by atoms with Crippen molar-refractivity contribution in [3.05, 3.63) is 74.1 Å². The fourth-order valence-corrected chi connectivity index (χ4v) is 9.32. The van der Waals surface area contributed by atoms with Crippen molar-refractivity contribution in [3.63, 3.8) is 0 Å². The summed E-state index contributed by atoms with van der Waals surface area (Å²) >= 11 is 8.74. The van der Waals surface area contributed by atoms with Crippen molar-refractivity contribution in [1.29, 1.82) is 0 Å². The molecular weight excluding hydrogens is 635 g/mol. The van der Waals surface area contributed by atoms with Gasteiger partial charge >= 0.3 is 0 Å². The molecule has 2 aromatic carbocycles. The van der Waals surface area contributed by atoms with E-state index in [1.165, 1.54) is 0 Å². The van der Waals surface area contributed by atoms with Crippen LogP contribution in [0.25, 0.3) is 0 Å². The highest BCUT2D eigenvalue weighted by molar-refractivity contribution is 14.1. The lowest BCUT2D eigenvalue weighted by Gasteiger charge is -2.32. The second-order valence-corrected chi connectivity index (χ2v) is 16.4. The van der Waals surface area contributed by atoms with Crippen LogP contribution in [0.2, 0.25) is 23.7 Å². The molecule has 2 aliphatic heterocycles. The monoisotopic (exact) mass is 666 g/mol. The van der Waals surface area contributed by atoms with Crippen LogP contribution in [0.5, 0.6) is 0 Å². The third-order valence-corrected chi connectivity index (χ3v) is 11.3. The fraction of sp³-hybridized carbons (Fsp3) is 0.444. The molecule has 3 heterocycles. The van der Waals surface area contributed by atoms with Crippen LogP contribution < -0.4 is 4.90 Å². The van der Waals surface area contributed by atoms with Crippen LogP contribution in [0.1, 0.15) is 30.2 Å². The van der Waals surface area contributed by atoms with Crippen molar-refractivity contribution < 1.29 is 19.4 Å². The lowest BCUT2D eigenvalue weighted by atomic mass is 9.82. The Morgan fingerprint density at radius 2 is 1.95 bits per heavy atom. The maximum atomic E-state index is 14.4. The summed E-state index contributed by atoms with van der Waals surface area (Å²) in [5.41, 5.74) is 1.90. The van der Waals surface area contributed by atoms with Crippen LogP contribution in [0.4, 0.5) is 5.69 Å². The Bertz CT molecular complexity index is 1330. The van der Waals surface area contributed by atoms with Gasteiger partial charge in [0.25, 0.3) is 5.91 Å². The zero-order valence-corrected chi connectivity index (χ0v) is 25.6. The van der Waals surface area contributed by atoms with Gasteiger partial charge in [0, 0.05) is 51.4 Å². The fourth-order valence-electron chi connectivity index (χ4n) is 6.19. The molecular formula is C27H32ClIN4O4Si. The molecule has 8 nitrogen and oxygen atoms in total. The molecule has 1 saturated heterocycles. The smallest absolute Gasteiger partial charge is 0.264 e. The van der Waals surface area contributed by atoms with E-state index in [1.807, 2.05) is 68.7 Å². The zero-order valence-electron chi connectivity index (χ0n) is 21.6. The summed E-state index contributed by atoms with van der Waals surface area (Å²) < 4.78 is 9.71. The van der Waals surface area contributed by atoms with Crippen LogP contribution >= 0.6 is 34.2 Å². The SMILES string of the molecule is C[C@@H]1[C@@H]([Si](C)(C)O)[C@H](CCn2cc(CCO)nn2)O[C@@]12C(=O)N(Cc1ccc(I)cc1)c1ccc(Cl)cc12. The first-order valence-electron chi connectivity index (χ1n) is 12.8. The first-order valence-corrected chi connectivity index (χ1v) is 17.3. The topological polar surface area (TPSA) is 101 Å². The molecule has 202 valence electrons. The van der Waals surface area contributed by atoms with E-state index in [0.717, 1.165) is 26.1 Å². The standard InChI is InChI=1S/C27H32ClIN4O4Si/c1-17-25(38(2,3)36)24(10-12-32-16-21(11-13-34)30-31-32)37-27(17)22-14-19(28)6-9-23(22)33(26(27)35)15-18-4-7-20(29)8-5-18/h4-9,14,16-17,24-25,34,36H,10-13,15H2,1-3H3/t17-,24+,25-,27+/m1/s1. The van der Waals surface area contributed by atoms with Gasteiger partial charge in [-0.25, -0.2) is 0 Å². The number of aryl methyl sites for hydroxylation is 1.